The lowest BCUT2D eigenvalue weighted by molar-refractivity contribution is 0.0977. The molecule has 0 aliphatic heterocycles. The molecule has 136 valence electrons. The van der Waals surface area contributed by atoms with Crippen LogP contribution < -0.4 is 10.6 Å². The van der Waals surface area contributed by atoms with Gasteiger partial charge in [-0.25, -0.2) is 0 Å². The van der Waals surface area contributed by atoms with E-state index in [0.717, 1.165) is 22.3 Å². The maximum Gasteiger partial charge on any atom is 0.257 e. The van der Waals surface area contributed by atoms with E-state index in [0.29, 0.717) is 11.3 Å². The van der Waals surface area contributed by atoms with Gasteiger partial charge in [-0.05, 0) is 72.6 Å². The van der Waals surface area contributed by atoms with Crippen molar-refractivity contribution in [1.82, 2.24) is 5.32 Å². The minimum Gasteiger partial charge on any atom is -0.506 e. The zero-order chi connectivity index (χ0) is 19.4. The van der Waals surface area contributed by atoms with E-state index in [1.54, 1.807) is 24.3 Å². The topological polar surface area (TPSA) is 61.4 Å². The van der Waals surface area contributed by atoms with Crippen molar-refractivity contribution in [2.75, 3.05) is 5.32 Å². The molecule has 4 nitrogen and oxygen atoms in total. The Morgan fingerprint density at radius 1 is 0.889 bits per heavy atom. The van der Waals surface area contributed by atoms with E-state index in [-0.39, 0.29) is 16.8 Å². The van der Waals surface area contributed by atoms with E-state index in [1.807, 2.05) is 56.3 Å². The zero-order valence-electron chi connectivity index (χ0n) is 15.1. The Kier molecular flexibility index (Phi) is 5.52. The maximum atomic E-state index is 12.4. The molecule has 0 radical (unpaired) electrons. The number of anilines is 1. The SMILES string of the molecule is Cc1cc(O)c(NC(=S)NC(=O)c2ccc(-c3ccccc3)cc2)cc1C. The first-order valence-electron chi connectivity index (χ1n) is 8.52. The van der Waals surface area contributed by atoms with Gasteiger partial charge in [0, 0.05) is 5.56 Å². The van der Waals surface area contributed by atoms with Crippen molar-refractivity contribution < 1.29 is 9.90 Å². The Morgan fingerprint density at radius 2 is 1.48 bits per heavy atom. The summed E-state index contributed by atoms with van der Waals surface area (Å²) >= 11 is 5.20. The third-order valence-corrected chi connectivity index (χ3v) is 4.55. The predicted molar refractivity (Wildman–Crippen MR) is 113 cm³/mol. The molecular formula is C22H20N2O2S. The second-order valence-corrected chi connectivity index (χ2v) is 6.71. The Morgan fingerprint density at radius 3 is 2.15 bits per heavy atom. The van der Waals surface area contributed by atoms with Crippen molar-refractivity contribution in [1.29, 1.82) is 0 Å². The van der Waals surface area contributed by atoms with Gasteiger partial charge in [0.15, 0.2) is 5.11 Å². The number of hydrogen-bond acceptors (Lipinski definition) is 3. The molecule has 0 unspecified atom stereocenters. The molecule has 0 aliphatic carbocycles. The van der Waals surface area contributed by atoms with Gasteiger partial charge in [0.2, 0.25) is 0 Å². The van der Waals surface area contributed by atoms with Gasteiger partial charge in [-0.3, -0.25) is 10.1 Å². The first-order valence-corrected chi connectivity index (χ1v) is 8.93. The summed E-state index contributed by atoms with van der Waals surface area (Å²) in [6.07, 6.45) is 0. The number of rotatable bonds is 3. The van der Waals surface area contributed by atoms with E-state index in [4.69, 9.17) is 12.2 Å². The summed E-state index contributed by atoms with van der Waals surface area (Å²) in [6.45, 7) is 3.86. The molecule has 5 heteroatoms. The smallest absolute Gasteiger partial charge is 0.257 e. The van der Waals surface area contributed by atoms with Crippen LogP contribution in [0.1, 0.15) is 21.5 Å². The molecule has 0 saturated carbocycles. The summed E-state index contributed by atoms with van der Waals surface area (Å²) < 4.78 is 0. The fourth-order valence-electron chi connectivity index (χ4n) is 2.67. The van der Waals surface area contributed by atoms with Gasteiger partial charge in [0.05, 0.1) is 5.69 Å². The minimum atomic E-state index is -0.310. The van der Waals surface area contributed by atoms with E-state index >= 15 is 0 Å². The summed E-state index contributed by atoms with van der Waals surface area (Å²) in [5, 5.41) is 15.7. The van der Waals surface area contributed by atoms with E-state index in [1.165, 1.54) is 0 Å². The first kappa shape index (κ1) is 18.6. The van der Waals surface area contributed by atoms with Gasteiger partial charge in [-0.2, -0.15) is 0 Å². The molecule has 3 aromatic carbocycles. The standard InChI is InChI=1S/C22H20N2O2S/c1-14-12-19(20(25)13-15(14)2)23-22(27)24-21(26)18-10-8-17(9-11-18)16-6-4-3-5-7-16/h3-13,25H,1-2H3,(H2,23,24,26,27). The van der Waals surface area contributed by atoms with Crippen LogP contribution in [-0.4, -0.2) is 16.1 Å². The highest BCUT2D eigenvalue weighted by molar-refractivity contribution is 7.80. The molecule has 1 amide bonds. The Hall–Kier alpha value is -3.18. The number of thiocarbonyl (C=S) groups is 1. The minimum absolute atomic E-state index is 0.0851. The van der Waals surface area contributed by atoms with E-state index in [9.17, 15) is 9.90 Å². The van der Waals surface area contributed by atoms with Crippen LogP contribution in [0, 0.1) is 13.8 Å². The summed E-state index contributed by atoms with van der Waals surface area (Å²) in [7, 11) is 0. The van der Waals surface area contributed by atoms with E-state index < -0.39 is 0 Å². The molecule has 3 rings (SSSR count). The van der Waals surface area contributed by atoms with E-state index in [2.05, 4.69) is 10.6 Å². The van der Waals surface area contributed by atoms with Gasteiger partial charge in [0.1, 0.15) is 5.75 Å². The first-order chi connectivity index (χ1) is 12.9. The molecule has 0 aromatic heterocycles. The van der Waals surface area contributed by atoms with Crippen LogP contribution >= 0.6 is 12.2 Å². The van der Waals surface area contributed by atoms with Crippen molar-refractivity contribution in [3.8, 4) is 16.9 Å². The van der Waals surface area contributed by atoms with Gasteiger partial charge >= 0.3 is 0 Å². The van der Waals surface area contributed by atoms with Crippen LogP contribution in [0.2, 0.25) is 0 Å². The van der Waals surface area contributed by atoms with Crippen molar-refractivity contribution in [2.24, 2.45) is 0 Å². The largest absolute Gasteiger partial charge is 0.506 e. The number of carbonyl (C=O) groups is 1. The fourth-order valence-corrected chi connectivity index (χ4v) is 2.88. The van der Waals surface area contributed by atoms with Crippen LogP contribution in [-0.2, 0) is 0 Å². The number of phenolic OH excluding ortho intramolecular Hbond substituents is 1. The molecule has 0 heterocycles. The van der Waals surface area contributed by atoms with Crippen LogP contribution in [0.25, 0.3) is 11.1 Å². The lowest BCUT2D eigenvalue weighted by Gasteiger charge is -2.13. The van der Waals surface area contributed by atoms with Crippen LogP contribution in [0.5, 0.6) is 5.75 Å². The lowest BCUT2D eigenvalue weighted by Crippen LogP contribution is -2.34. The van der Waals surface area contributed by atoms with Crippen molar-refractivity contribution >= 4 is 28.9 Å². The predicted octanol–water partition coefficient (Wildman–Crippen LogP) is 4.80. The lowest BCUT2D eigenvalue weighted by atomic mass is 10.0. The van der Waals surface area contributed by atoms with Crippen molar-refractivity contribution in [2.45, 2.75) is 13.8 Å². The third-order valence-electron chi connectivity index (χ3n) is 4.34. The summed E-state index contributed by atoms with van der Waals surface area (Å²) in [4.78, 5) is 12.4. The number of carbonyl (C=O) groups excluding carboxylic acids is 1. The molecule has 0 saturated heterocycles. The number of phenols is 1. The summed E-state index contributed by atoms with van der Waals surface area (Å²) in [5.41, 5.74) is 5.08. The number of benzene rings is 3. The average Bonchev–Trinajstić information content (AvgIpc) is 2.67. The van der Waals surface area contributed by atoms with Gasteiger partial charge in [-0.15, -0.1) is 0 Å². The normalized spacial score (nSPS) is 10.3. The third kappa shape index (κ3) is 4.51. The monoisotopic (exact) mass is 376 g/mol. The van der Waals surface area contributed by atoms with Crippen molar-refractivity contribution in [3.63, 3.8) is 0 Å². The molecule has 0 spiro atoms. The number of hydrogen-bond donors (Lipinski definition) is 3. The second-order valence-electron chi connectivity index (χ2n) is 6.31. The molecule has 0 atom stereocenters. The molecule has 0 aliphatic rings. The summed E-state index contributed by atoms with van der Waals surface area (Å²) in [5.74, 6) is -0.225. The molecule has 3 N–H and O–H groups in total. The molecular weight excluding hydrogens is 356 g/mol. The Balaban J connectivity index is 1.66. The molecule has 0 fully saturated rings. The van der Waals surface area contributed by atoms with Crippen LogP contribution in [0.4, 0.5) is 5.69 Å². The van der Waals surface area contributed by atoms with Gasteiger partial charge < -0.3 is 10.4 Å². The molecule has 27 heavy (non-hydrogen) atoms. The van der Waals surface area contributed by atoms with Gasteiger partial charge in [0.25, 0.3) is 5.91 Å². The van der Waals surface area contributed by atoms with Gasteiger partial charge in [-0.1, -0.05) is 42.5 Å². The quantitative estimate of drug-likeness (QED) is 0.454. The molecule has 3 aromatic rings. The van der Waals surface area contributed by atoms with Crippen LogP contribution in [0.3, 0.4) is 0 Å². The molecule has 0 bridgehead atoms. The number of aromatic hydroxyl groups is 1. The highest BCUT2D eigenvalue weighted by Crippen LogP contribution is 2.26. The Bertz CT molecular complexity index is 983. The number of aryl methyl sites for hydroxylation is 2. The summed E-state index contributed by atoms with van der Waals surface area (Å²) in [6, 6.07) is 20.7. The zero-order valence-corrected chi connectivity index (χ0v) is 15.9. The Labute approximate surface area is 163 Å². The van der Waals surface area contributed by atoms with Crippen molar-refractivity contribution in [3.05, 3.63) is 83.4 Å². The maximum absolute atomic E-state index is 12.4. The average molecular weight is 376 g/mol. The number of amides is 1. The highest BCUT2D eigenvalue weighted by Gasteiger charge is 2.11. The second kappa shape index (κ2) is 8.01. The number of nitrogens with one attached hydrogen (secondary N) is 2. The van der Waals surface area contributed by atoms with Crippen LogP contribution in [0.15, 0.2) is 66.7 Å². The highest BCUT2D eigenvalue weighted by atomic mass is 32.1. The fraction of sp³-hybridized carbons (Fsp3) is 0.0909.